The Morgan fingerprint density at radius 1 is 1.06 bits per heavy atom. The summed E-state index contributed by atoms with van der Waals surface area (Å²) in [6.45, 7) is 1.77. The molecular weight excluding hydrogens is 255 g/mol. The SMILES string of the molecule is CC1(C)Oc2ccccc2C(F)(F)C(F)C1(F)F. The van der Waals surface area contributed by atoms with Crippen LogP contribution in [-0.4, -0.2) is 17.7 Å². The molecule has 0 saturated heterocycles. The summed E-state index contributed by atoms with van der Waals surface area (Å²) in [7, 11) is 0. The Balaban J connectivity index is 2.68. The molecule has 1 heterocycles. The third-order valence-electron chi connectivity index (χ3n) is 3.05. The summed E-state index contributed by atoms with van der Waals surface area (Å²) in [4.78, 5) is 0. The van der Waals surface area contributed by atoms with Crippen molar-refractivity contribution in [1.29, 1.82) is 0 Å². The fraction of sp³-hybridized carbons (Fsp3) is 0.500. The summed E-state index contributed by atoms with van der Waals surface area (Å²) in [5, 5.41) is 0. The van der Waals surface area contributed by atoms with Gasteiger partial charge in [0, 0.05) is 0 Å². The van der Waals surface area contributed by atoms with Crippen LogP contribution in [0.3, 0.4) is 0 Å². The highest BCUT2D eigenvalue weighted by atomic mass is 19.3. The summed E-state index contributed by atoms with van der Waals surface area (Å²) in [5.41, 5.74) is -3.22. The zero-order valence-corrected chi connectivity index (χ0v) is 9.68. The lowest BCUT2D eigenvalue weighted by Crippen LogP contribution is -2.55. The van der Waals surface area contributed by atoms with Crippen molar-refractivity contribution in [1.82, 2.24) is 0 Å². The van der Waals surface area contributed by atoms with Gasteiger partial charge < -0.3 is 4.74 Å². The minimum Gasteiger partial charge on any atom is -0.481 e. The van der Waals surface area contributed by atoms with Gasteiger partial charge >= 0.3 is 11.8 Å². The standard InChI is InChI=1S/C12H11F5O/c1-10(2)12(16,17)9(13)11(14,15)7-5-3-4-6-8(7)18-10/h3-6,9H,1-2H3. The van der Waals surface area contributed by atoms with Gasteiger partial charge in [-0.3, -0.25) is 0 Å². The van der Waals surface area contributed by atoms with Crippen molar-refractivity contribution in [3.8, 4) is 5.75 Å². The van der Waals surface area contributed by atoms with E-state index in [1.807, 2.05) is 0 Å². The molecule has 6 heteroatoms. The Morgan fingerprint density at radius 3 is 2.22 bits per heavy atom. The topological polar surface area (TPSA) is 9.23 Å². The van der Waals surface area contributed by atoms with Crippen molar-refractivity contribution in [2.75, 3.05) is 0 Å². The first-order chi connectivity index (χ1) is 8.11. The molecule has 1 nitrogen and oxygen atoms in total. The van der Waals surface area contributed by atoms with E-state index in [0.717, 1.165) is 26.0 Å². The lowest BCUT2D eigenvalue weighted by molar-refractivity contribution is -0.234. The molecule has 18 heavy (non-hydrogen) atoms. The van der Waals surface area contributed by atoms with Gasteiger partial charge in [-0.25, -0.2) is 4.39 Å². The van der Waals surface area contributed by atoms with E-state index in [1.54, 1.807) is 0 Å². The number of para-hydroxylation sites is 1. The first-order valence-electron chi connectivity index (χ1n) is 5.29. The van der Waals surface area contributed by atoms with Gasteiger partial charge in [0.15, 0.2) is 5.60 Å². The second-order valence-corrected chi connectivity index (χ2v) is 4.72. The maximum absolute atomic E-state index is 13.8. The largest absolute Gasteiger partial charge is 0.481 e. The van der Waals surface area contributed by atoms with Crippen LogP contribution >= 0.6 is 0 Å². The second kappa shape index (κ2) is 3.59. The summed E-state index contributed by atoms with van der Waals surface area (Å²) in [6.07, 6.45) is -3.64. The number of hydrogen-bond acceptors (Lipinski definition) is 1. The summed E-state index contributed by atoms with van der Waals surface area (Å²) in [6, 6.07) is 4.60. The molecule has 1 aliphatic rings. The van der Waals surface area contributed by atoms with Crippen LogP contribution in [0.15, 0.2) is 24.3 Å². The molecule has 0 radical (unpaired) electrons. The molecule has 0 amide bonds. The van der Waals surface area contributed by atoms with Gasteiger partial charge in [-0.2, -0.15) is 17.6 Å². The minimum absolute atomic E-state index is 0.424. The van der Waals surface area contributed by atoms with Crippen molar-refractivity contribution in [2.24, 2.45) is 0 Å². The Labute approximate surface area is 101 Å². The number of rotatable bonds is 0. The number of halogens is 5. The first kappa shape index (κ1) is 13.1. The van der Waals surface area contributed by atoms with Crippen LogP contribution in [0.1, 0.15) is 19.4 Å². The number of hydrogen-bond donors (Lipinski definition) is 0. The molecule has 1 aliphatic heterocycles. The molecule has 0 saturated carbocycles. The van der Waals surface area contributed by atoms with Gasteiger partial charge in [0.1, 0.15) is 5.75 Å². The molecule has 0 N–H and O–H groups in total. The molecule has 1 aromatic carbocycles. The van der Waals surface area contributed by atoms with Gasteiger partial charge in [-0.1, -0.05) is 12.1 Å². The number of ether oxygens (including phenoxy) is 1. The van der Waals surface area contributed by atoms with Crippen LogP contribution in [0.5, 0.6) is 5.75 Å². The molecule has 0 spiro atoms. The number of alkyl halides is 5. The third kappa shape index (κ3) is 1.58. The fourth-order valence-electron chi connectivity index (χ4n) is 1.84. The highest BCUT2D eigenvalue weighted by Crippen LogP contribution is 2.52. The van der Waals surface area contributed by atoms with Crippen LogP contribution in [-0.2, 0) is 5.92 Å². The van der Waals surface area contributed by atoms with Crippen molar-refractivity contribution in [3.05, 3.63) is 29.8 Å². The monoisotopic (exact) mass is 266 g/mol. The highest BCUT2D eigenvalue weighted by molar-refractivity contribution is 5.40. The zero-order valence-electron chi connectivity index (χ0n) is 9.68. The van der Waals surface area contributed by atoms with Crippen LogP contribution in [0.4, 0.5) is 22.0 Å². The summed E-state index contributed by atoms with van der Waals surface area (Å²) in [5.74, 6) is -9.03. The molecule has 1 atom stereocenters. The van der Waals surface area contributed by atoms with Gasteiger partial charge in [0.2, 0.25) is 6.17 Å². The maximum atomic E-state index is 13.8. The summed E-state index contributed by atoms with van der Waals surface area (Å²) < 4.78 is 73.4. The highest BCUT2D eigenvalue weighted by Gasteiger charge is 2.67. The van der Waals surface area contributed by atoms with E-state index < -0.39 is 34.9 Å². The van der Waals surface area contributed by atoms with E-state index in [4.69, 9.17) is 4.74 Å². The van der Waals surface area contributed by atoms with Crippen molar-refractivity contribution in [2.45, 2.75) is 37.5 Å². The van der Waals surface area contributed by atoms with E-state index >= 15 is 0 Å². The molecule has 1 unspecified atom stereocenters. The molecule has 1 aromatic rings. The minimum atomic E-state index is -4.31. The third-order valence-corrected chi connectivity index (χ3v) is 3.05. The normalized spacial score (nSPS) is 27.8. The number of fused-ring (bicyclic) bond motifs is 1. The van der Waals surface area contributed by atoms with Crippen LogP contribution < -0.4 is 4.74 Å². The predicted octanol–water partition coefficient (Wildman–Crippen LogP) is 3.92. The van der Waals surface area contributed by atoms with E-state index in [1.165, 1.54) is 12.1 Å². The Bertz CT molecular complexity index is 469. The van der Waals surface area contributed by atoms with Crippen LogP contribution in [0.25, 0.3) is 0 Å². The Morgan fingerprint density at radius 2 is 1.61 bits per heavy atom. The average Bonchev–Trinajstić information content (AvgIpc) is 2.30. The molecule has 0 fully saturated rings. The fourth-order valence-corrected chi connectivity index (χ4v) is 1.84. The van der Waals surface area contributed by atoms with Gasteiger partial charge in [-0.15, -0.1) is 0 Å². The Kier molecular flexibility index (Phi) is 2.61. The maximum Gasteiger partial charge on any atom is 0.323 e. The zero-order chi connectivity index (χ0) is 13.8. The van der Waals surface area contributed by atoms with Gasteiger partial charge in [0.25, 0.3) is 0 Å². The van der Waals surface area contributed by atoms with Crippen LogP contribution in [0.2, 0.25) is 0 Å². The lowest BCUT2D eigenvalue weighted by Gasteiger charge is -2.34. The van der Waals surface area contributed by atoms with E-state index in [9.17, 15) is 22.0 Å². The van der Waals surface area contributed by atoms with Gasteiger partial charge in [0.05, 0.1) is 5.56 Å². The predicted molar refractivity (Wildman–Crippen MR) is 54.9 cm³/mol. The first-order valence-corrected chi connectivity index (χ1v) is 5.29. The summed E-state index contributed by atoms with van der Waals surface area (Å²) >= 11 is 0. The lowest BCUT2D eigenvalue weighted by atomic mass is 9.92. The molecule has 0 aromatic heterocycles. The second-order valence-electron chi connectivity index (χ2n) is 4.72. The van der Waals surface area contributed by atoms with E-state index in [-0.39, 0.29) is 0 Å². The quantitative estimate of drug-likeness (QED) is 0.647. The molecular formula is C12H11F5O. The van der Waals surface area contributed by atoms with Gasteiger partial charge in [-0.05, 0) is 26.0 Å². The number of benzene rings is 1. The van der Waals surface area contributed by atoms with Crippen molar-refractivity contribution >= 4 is 0 Å². The molecule has 0 aliphatic carbocycles. The van der Waals surface area contributed by atoms with E-state index in [0.29, 0.717) is 0 Å². The molecule has 2 rings (SSSR count). The van der Waals surface area contributed by atoms with E-state index in [2.05, 4.69) is 0 Å². The smallest absolute Gasteiger partial charge is 0.323 e. The van der Waals surface area contributed by atoms with Crippen LogP contribution in [0, 0.1) is 0 Å². The Hall–Kier alpha value is -1.33. The molecule has 0 bridgehead atoms. The van der Waals surface area contributed by atoms with Crippen molar-refractivity contribution < 1.29 is 26.7 Å². The molecule has 100 valence electrons. The van der Waals surface area contributed by atoms with Crippen molar-refractivity contribution in [3.63, 3.8) is 0 Å². The average molecular weight is 266 g/mol.